The van der Waals surface area contributed by atoms with Crippen LogP contribution in [0, 0.1) is 5.82 Å². The molecule has 0 aromatic heterocycles. The molecule has 0 bridgehead atoms. The average Bonchev–Trinajstić information content (AvgIpc) is 2.67. The summed E-state index contributed by atoms with van der Waals surface area (Å²) in [4.78, 5) is 2.02. The van der Waals surface area contributed by atoms with E-state index in [9.17, 15) is 12.8 Å². The van der Waals surface area contributed by atoms with Crippen molar-refractivity contribution in [2.24, 2.45) is 5.14 Å². The zero-order valence-electron chi connectivity index (χ0n) is 15.3. The summed E-state index contributed by atoms with van der Waals surface area (Å²) in [6.07, 6.45) is -0.0689. The third kappa shape index (κ3) is 4.14. The van der Waals surface area contributed by atoms with Gasteiger partial charge in [-0.05, 0) is 29.8 Å². The first-order valence-electron chi connectivity index (χ1n) is 8.68. The molecule has 27 heavy (non-hydrogen) atoms. The van der Waals surface area contributed by atoms with Crippen molar-refractivity contribution in [2.75, 3.05) is 33.4 Å². The molecule has 0 radical (unpaired) electrons. The number of halogens is 1. The second kappa shape index (κ2) is 7.93. The topological polar surface area (TPSA) is 81.9 Å². The van der Waals surface area contributed by atoms with E-state index in [0.29, 0.717) is 12.2 Å². The second-order valence-electron chi connectivity index (χ2n) is 6.37. The summed E-state index contributed by atoms with van der Waals surface area (Å²) in [5.74, 6) is -0.807. The van der Waals surface area contributed by atoms with Crippen molar-refractivity contribution in [3.8, 4) is 16.9 Å². The molecule has 1 saturated heterocycles. The fourth-order valence-electron chi connectivity index (χ4n) is 3.26. The standard InChI is InChI=1S/C19H23FN2O4S/c1-3-22-10-11-26-16(12-22)13-4-6-14(7-5-13)18-17(27(21,23)24)9-8-15(25-2)19(18)20/h4-9,16H,3,10-12H2,1-2H3,(H2,21,23,24). The van der Waals surface area contributed by atoms with Crippen molar-refractivity contribution in [1.29, 1.82) is 0 Å². The maximum Gasteiger partial charge on any atom is 0.238 e. The van der Waals surface area contributed by atoms with Gasteiger partial charge >= 0.3 is 0 Å². The lowest BCUT2D eigenvalue weighted by Crippen LogP contribution is -2.38. The summed E-state index contributed by atoms with van der Waals surface area (Å²) in [6, 6.07) is 9.51. The lowest BCUT2D eigenvalue weighted by atomic mass is 10.00. The number of likely N-dealkylation sites (N-methyl/N-ethyl adjacent to an activating group) is 1. The second-order valence-corrected chi connectivity index (χ2v) is 7.90. The van der Waals surface area contributed by atoms with Crippen LogP contribution in [0.15, 0.2) is 41.3 Å². The van der Waals surface area contributed by atoms with Gasteiger partial charge in [-0.1, -0.05) is 31.2 Å². The minimum atomic E-state index is -4.10. The Labute approximate surface area is 158 Å². The molecular formula is C19H23FN2O4S. The number of rotatable bonds is 5. The smallest absolute Gasteiger partial charge is 0.238 e. The molecule has 3 rings (SSSR count). The summed E-state index contributed by atoms with van der Waals surface area (Å²) >= 11 is 0. The number of hydrogen-bond acceptors (Lipinski definition) is 5. The summed E-state index contributed by atoms with van der Waals surface area (Å²) in [5.41, 5.74) is 1.27. The van der Waals surface area contributed by atoms with Crippen molar-refractivity contribution in [3.63, 3.8) is 0 Å². The van der Waals surface area contributed by atoms with Crippen molar-refractivity contribution in [1.82, 2.24) is 4.90 Å². The number of nitrogens with two attached hydrogens (primary N) is 1. The highest BCUT2D eigenvalue weighted by molar-refractivity contribution is 7.89. The van der Waals surface area contributed by atoms with Crippen LogP contribution < -0.4 is 9.88 Å². The van der Waals surface area contributed by atoms with Gasteiger partial charge in [0, 0.05) is 18.7 Å². The molecule has 0 amide bonds. The van der Waals surface area contributed by atoms with Crippen LogP contribution in [0.3, 0.4) is 0 Å². The fourth-order valence-corrected chi connectivity index (χ4v) is 4.01. The average molecular weight is 394 g/mol. The number of sulfonamides is 1. The molecule has 146 valence electrons. The van der Waals surface area contributed by atoms with Gasteiger partial charge in [-0.2, -0.15) is 0 Å². The van der Waals surface area contributed by atoms with Crippen LogP contribution in [0.1, 0.15) is 18.6 Å². The van der Waals surface area contributed by atoms with Crippen LogP contribution in [0.2, 0.25) is 0 Å². The van der Waals surface area contributed by atoms with Crippen molar-refractivity contribution >= 4 is 10.0 Å². The number of benzene rings is 2. The van der Waals surface area contributed by atoms with Crippen LogP contribution in [0.5, 0.6) is 5.75 Å². The molecule has 1 atom stereocenters. The number of hydrogen-bond donors (Lipinski definition) is 1. The van der Waals surface area contributed by atoms with Crippen LogP contribution in [-0.4, -0.2) is 46.7 Å². The minimum absolute atomic E-state index is 0.0457. The highest BCUT2D eigenvalue weighted by Crippen LogP contribution is 2.35. The first kappa shape index (κ1) is 19.8. The van der Waals surface area contributed by atoms with E-state index in [1.807, 2.05) is 12.1 Å². The first-order chi connectivity index (χ1) is 12.8. The Morgan fingerprint density at radius 1 is 1.26 bits per heavy atom. The van der Waals surface area contributed by atoms with Crippen LogP contribution in [0.4, 0.5) is 4.39 Å². The normalized spacial score (nSPS) is 18.4. The van der Waals surface area contributed by atoms with Crippen molar-refractivity contribution < 1.29 is 22.3 Å². The lowest BCUT2D eigenvalue weighted by Gasteiger charge is -2.32. The maximum absolute atomic E-state index is 14.8. The Hall–Kier alpha value is -2.00. The summed E-state index contributed by atoms with van der Waals surface area (Å²) < 4.78 is 49.4. The quantitative estimate of drug-likeness (QED) is 0.843. The highest BCUT2D eigenvalue weighted by atomic mass is 32.2. The molecule has 0 spiro atoms. The van der Waals surface area contributed by atoms with E-state index >= 15 is 0 Å². The molecule has 2 aromatic carbocycles. The molecule has 1 aliphatic heterocycles. The molecule has 2 aromatic rings. The molecule has 6 nitrogen and oxygen atoms in total. The summed E-state index contributed by atoms with van der Waals surface area (Å²) in [5, 5.41) is 5.27. The van der Waals surface area contributed by atoms with E-state index < -0.39 is 15.8 Å². The van der Waals surface area contributed by atoms with E-state index in [1.165, 1.54) is 19.2 Å². The van der Waals surface area contributed by atoms with Gasteiger partial charge in [0.15, 0.2) is 11.6 Å². The van der Waals surface area contributed by atoms with Gasteiger partial charge in [0.2, 0.25) is 10.0 Å². The SMILES string of the molecule is CCN1CCOC(c2ccc(-c3c(S(N)(=O)=O)ccc(OC)c3F)cc2)C1. The maximum atomic E-state index is 14.8. The number of primary sulfonamides is 1. The predicted octanol–water partition coefficient (Wildman–Crippen LogP) is 2.54. The van der Waals surface area contributed by atoms with Crippen LogP contribution in [-0.2, 0) is 14.8 Å². The van der Waals surface area contributed by atoms with Crippen LogP contribution >= 0.6 is 0 Å². The van der Waals surface area contributed by atoms with Gasteiger partial charge in [-0.25, -0.2) is 17.9 Å². The number of nitrogens with zero attached hydrogens (tertiary/aromatic N) is 1. The number of ether oxygens (including phenoxy) is 2. The number of morpholine rings is 1. The van der Waals surface area contributed by atoms with E-state index in [-0.39, 0.29) is 22.3 Å². The molecule has 8 heteroatoms. The lowest BCUT2D eigenvalue weighted by molar-refractivity contribution is -0.0281. The van der Waals surface area contributed by atoms with Crippen molar-refractivity contribution in [3.05, 3.63) is 47.8 Å². The Morgan fingerprint density at radius 2 is 1.96 bits per heavy atom. The minimum Gasteiger partial charge on any atom is -0.494 e. The summed E-state index contributed by atoms with van der Waals surface area (Å²) in [6.45, 7) is 5.39. The number of methoxy groups -OCH3 is 1. The molecule has 0 aliphatic carbocycles. The molecule has 2 N–H and O–H groups in total. The van der Waals surface area contributed by atoms with E-state index in [2.05, 4.69) is 11.8 Å². The third-order valence-corrected chi connectivity index (χ3v) is 5.72. The van der Waals surface area contributed by atoms with Gasteiger partial charge in [0.25, 0.3) is 0 Å². The molecule has 1 fully saturated rings. The Bertz CT molecular complexity index is 916. The molecule has 0 saturated carbocycles. The molecule has 1 heterocycles. The largest absolute Gasteiger partial charge is 0.494 e. The summed E-state index contributed by atoms with van der Waals surface area (Å²) in [7, 11) is -2.78. The first-order valence-corrected chi connectivity index (χ1v) is 10.2. The molecular weight excluding hydrogens is 371 g/mol. The predicted molar refractivity (Wildman–Crippen MR) is 101 cm³/mol. The Morgan fingerprint density at radius 3 is 2.56 bits per heavy atom. The monoisotopic (exact) mass is 394 g/mol. The highest BCUT2D eigenvalue weighted by Gasteiger charge is 2.24. The fraction of sp³-hybridized carbons (Fsp3) is 0.368. The molecule has 1 unspecified atom stereocenters. The third-order valence-electron chi connectivity index (χ3n) is 4.76. The van der Waals surface area contributed by atoms with E-state index in [1.54, 1.807) is 12.1 Å². The Kier molecular flexibility index (Phi) is 5.81. The van der Waals surface area contributed by atoms with Gasteiger partial charge in [0.1, 0.15) is 0 Å². The van der Waals surface area contributed by atoms with Gasteiger partial charge < -0.3 is 9.47 Å². The van der Waals surface area contributed by atoms with Gasteiger partial charge in [0.05, 0.1) is 24.7 Å². The zero-order chi connectivity index (χ0) is 19.6. The molecule has 1 aliphatic rings. The Balaban J connectivity index is 2.00. The zero-order valence-corrected chi connectivity index (χ0v) is 16.1. The van der Waals surface area contributed by atoms with E-state index in [0.717, 1.165) is 25.2 Å². The van der Waals surface area contributed by atoms with E-state index in [4.69, 9.17) is 14.6 Å². The van der Waals surface area contributed by atoms with Crippen LogP contribution in [0.25, 0.3) is 11.1 Å². The van der Waals surface area contributed by atoms with Gasteiger partial charge in [-0.3, -0.25) is 4.90 Å². The van der Waals surface area contributed by atoms with Crippen molar-refractivity contribution in [2.45, 2.75) is 17.9 Å². The van der Waals surface area contributed by atoms with Gasteiger partial charge in [-0.15, -0.1) is 0 Å².